The minimum absolute atomic E-state index is 0.00443. The van der Waals surface area contributed by atoms with Gasteiger partial charge in [0.2, 0.25) is 11.8 Å². The average molecular weight is 598 g/mol. The van der Waals surface area contributed by atoms with Gasteiger partial charge in [-0.25, -0.2) is 8.78 Å². The minimum Gasteiger partial charge on any atom is -0.389 e. The van der Waals surface area contributed by atoms with Gasteiger partial charge in [-0.2, -0.15) is 0 Å². The van der Waals surface area contributed by atoms with Crippen LogP contribution in [0.5, 0.6) is 0 Å². The van der Waals surface area contributed by atoms with Crippen LogP contribution < -0.4 is 10.6 Å². The van der Waals surface area contributed by atoms with Crippen molar-refractivity contribution < 1.29 is 28.2 Å². The molecule has 2 aliphatic heterocycles. The highest BCUT2D eigenvalue weighted by Crippen LogP contribution is 2.24. The molecule has 2 aliphatic rings. The Bertz CT molecular complexity index is 1360. The molecule has 222 valence electrons. The van der Waals surface area contributed by atoms with Crippen LogP contribution in [0.2, 0.25) is 5.02 Å². The maximum atomic E-state index is 14.0. The van der Waals surface area contributed by atoms with Crippen LogP contribution in [-0.2, 0) is 33.9 Å². The van der Waals surface area contributed by atoms with Crippen molar-refractivity contribution in [1.29, 1.82) is 0 Å². The molecule has 10 heteroatoms. The molecule has 0 aromatic heterocycles. The molecule has 5 atom stereocenters. The van der Waals surface area contributed by atoms with Crippen molar-refractivity contribution in [2.45, 2.75) is 56.7 Å². The van der Waals surface area contributed by atoms with Gasteiger partial charge in [0.05, 0.1) is 30.8 Å². The number of halogens is 3. The first-order valence-corrected chi connectivity index (χ1v) is 14.5. The lowest BCUT2D eigenvalue weighted by Crippen LogP contribution is -2.53. The normalized spacial score (nSPS) is 21.9. The van der Waals surface area contributed by atoms with E-state index < -0.39 is 41.6 Å². The number of likely N-dealkylation sites (tertiary alicyclic amines) is 1. The molecule has 2 saturated heterocycles. The number of rotatable bonds is 11. The molecule has 0 radical (unpaired) electrons. The van der Waals surface area contributed by atoms with Crippen LogP contribution in [0.15, 0.2) is 72.8 Å². The highest BCUT2D eigenvalue weighted by Gasteiger charge is 2.39. The lowest BCUT2D eigenvalue weighted by molar-refractivity contribution is -0.129. The Hall–Kier alpha value is -3.37. The van der Waals surface area contributed by atoms with Crippen LogP contribution in [0.25, 0.3) is 0 Å². The summed E-state index contributed by atoms with van der Waals surface area (Å²) in [4.78, 5) is 27.7. The molecule has 3 N–H and O–H groups in total. The standard InChI is InChI=1S/C32H34ClF2N3O4/c33-24-8-6-20(7-9-24)17-38-18-23(13-30(38)39)32(41)37-29(12-22-10-25(34)14-26(35)11-22)31(40)28-15-27(16-36-28)42-19-21-4-2-1-3-5-21/h1-11,14,23,27-29,31,36,40H,12-13,15-19H2,(H,37,41)/t23?,27-,28-,29+,31-/m1/s1. The minimum atomic E-state index is -1.08. The number of carbonyl (C=O) groups excluding carboxylic acids is 2. The molecule has 3 aromatic carbocycles. The summed E-state index contributed by atoms with van der Waals surface area (Å²) in [6, 6.07) is 18.8. The molecule has 1 unspecified atom stereocenters. The predicted molar refractivity (Wildman–Crippen MR) is 154 cm³/mol. The summed E-state index contributed by atoms with van der Waals surface area (Å²) in [5, 5.41) is 18.2. The van der Waals surface area contributed by atoms with E-state index in [9.17, 15) is 23.5 Å². The first-order valence-electron chi connectivity index (χ1n) is 14.1. The molecule has 0 bridgehead atoms. The third kappa shape index (κ3) is 7.92. The number of benzene rings is 3. The van der Waals surface area contributed by atoms with E-state index in [1.807, 2.05) is 42.5 Å². The fourth-order valence-electron chi connectivity index (χ4n) is 5.64. The maximum absolute atomic E-state index is 14.0. The second-order valence-electron chi connectivity index (χ2n) is 11.1. The van der Waals surface area contributed by atoms with Crippen molar-refractivity contribution in [1.82, 2.24) is 15.5 Å². The molecule has 2 amide bonds. The van der Waals surface area contributed by atoms with E-state index in [4.69, 9.17) is 16.3 Å². The monoisotopic (exact) mass is 597 g/mol. The molecule has 0 aliphatic carbocycles. The van der Waals surface area contributed by atoms with Crippen molar-refractivity contribution in [3.05, 3.63) is 106 Å². The number of hydrogen-bond donors (Lipinski definition) is 3. The van der Waals surface area contributed by atoms with Crippen LogP contribution in [0, 0.1) is 17.6 Å². The maximum Gasteiger partial charge on any atom is 0.225 e. The van der Waals surface area contributed by atoms with Crippen LogP contribution in [-0.4, -0.2) is 59.2 Å². The topological polar surface area (TPSA) is 90.9 Å². The third-order valence-corrected chi connectivity index (χ3v) is 8.11. The van der Waals surface area contributed by atoms with Gasteiger partial charge in [0.1, 0.15) is 11.6 Å². The van der Waals surface area contributed by atoms with E-state index in [-0.39, 0.29) is 31.4 Å². The Morgan fingerprint density at radius 2 is 1.76 bits per heavy atom. The summed E-state index contributed by atoms with van der Waals surface area (Å²) in [6.07, 6.45) is -0.692. The van der Waals surface area contributed by atoms with E-state index in [1.54, 1.807) is 17.0 Å². The molecule has 7 nitrogen and oxygen atoms in total. The van der Waals surface area contributed by atoms with Gasteiger partial charge in [-0.3, -0.25) is 9.59 Å². The molecule has 2 heterocycles. The van der Waals surface area contributed by atoms with Gasteiger partial charge in [-0.05, 0) is 53.8 Å². The molecular weight excluding hydrogens is 564 g/mol. The number of ether oxygens (including phenoxy) is 1. The summed E-state index contributed by atoms with van der Waals surface area (Å²) < 4.78 is 34.0. The fraction of sp³-hybridized carbons (Fsp3) is 0.375. The van der Waals surface area contributed by atoms with Crippen molar-refractivity contribution in [3.63, 3.8) is 0 Å². The number of carbonyl (C=O) groups is 2. The summed E-state index contributed by atoms with van der Waals surface area (Å²) in [7, 11) is 0. The first kappa shape index (κ1) is 30.1. The summed E-state index contributed by atoms with van der Waals surface area (Å²) in [5.41, 5.74) is 2.24. The summed E-state index contributed by atoms with van der Waals surface area (Å²) in [5.74, 6) is -2.64. The van der Waals surface area contributed by atoms with Crippen LogP contribution >= 0.6 is 11.6 Å². The molecule has 42 heavy (non-hydrogen) atoms. The zero-order valence-corrected chi connectivity index (χ0v) is 23.8. The zero-order chi connectivity index (χ0) is 29.6. The van der Waals surface area contributed by atoms with E-state index in [2.05, 4.69) is 10.6 Å². The number of aliphatic hydroxyl groups excluding tert-OH is 1. The summed E-state index contributed by atoms with van der Waals surface area (Å²) in [6.45, 7) is 1.52. The average Bonchev–Trinajstić information content (AvgIpc) is 3.59. The number of nitrogens with one attached hydrogen (secondary N) is 2. The molecule has 2 fully saturated rings. The summed E-state index contributed by atoms with van der Waals surface area (Å²) >= 11 is 5.96. The Morgan fingerprint density at radius 3 is 2.48 bits per heavy atom. The zero-order valence-electron chi connectivity index (χ0n) is 23.0. The van der Waals surface area contributed by atoms with E-state index in [1.165, 1.54) is 12.1 Å². The number of hydrogen-bond acceptors (Lipinski definition) is 5. The highest BCUT2D eigenvalue weighted by atomic mass is 35.5. The number of amides is 2. The van der Waals surface area contributed by atoms with Crippen molar-refractivity contribution >= 4 is 23.4 Å². The van der Waals surface area contributed by atoms with E-state index >= 15 is 0 Å². The van der Waals surface area contributed by atoms with Gasteiger partial charge in [0, 0.05) is 43.2 Å². The largest absolute Gasteiger partial charge is 0.389 e. The molecule has 3 aromatic rings. The second kappa shape index (κ2) is 13.7. The van der Waals surface area contributed by atoms with Gasteiger partial charge in [0.15, 0.2) is 0 Å². The smallest absolute Gasteiger partial charge is 0.225 e. The van der Waals surface area contributed by atoms with Gasteiger partial charge < -0.3 is 25.4 Å². The van der Waals surface area contributed by atoms with Crippen LogP contribution in [0.1, 0.15) is 29.5 Å². The van der Waals surface area contributed by atoms with Gasteiger partial charge in [0.25, 0.3) is 0 Å². The molecule has 5 rings (SSSR count). The predicted octanol–water partition coefficient (Wildman–Crippen LogP) is 4.00. The first-order chi connectivity index (χ1) is 20.2. The molecule has 0 spiro atoms. The van der Waals surface area contributed by atoms with Crippen molar-refractivity contribution in [3.8, 4) is 0 Å². The Labute approximate surface area is 248 Å². The second-order valence-corrected chi connectivity index (χ2v) is 11.5. The lowest BCUT2D eigenvalue weighted by atomic mass is 9.94. The van der Waals surface area contributed by atoms with Crippen molar-refractivity contribution in [2.75, 3.05) is 13.1 Å². The van der Waals surface area contributed by atoms with E-state index in [0.29, 0.717) is 36.7 Å². The SMILES string of the molecule is O=C(N[C@@H](Cc1cc(F)cc(F)c1)[C@H](O)[C@H]1C[C@@H](OCc2ccccc2)CN1)C1CC(=O)N(Cc2ccc(Cl)cc2)C1. The molecule has 0 saturated carbocycles. The lowest BCUT2D eigenvalue weighted by Gasteiger charge is -2.29. The Kier molecular flexibility index (Phi) is 9.84. The number of nitrogens with zero attached hydrogens (tertiary/aromatic N) is 1. The van der Waals surface area contributed by atoms with Crippen LogP contribution in [0.3, 0.4) is 0 Å². The quantitative estimate of drug-likeness (QED) is 0.311. The fourth-order valence-corrected chi connectivity index (χ4v) is 5.77. The van der Waals surface area contributed by atoms with Gasteiger partial charge in [-0.1, -0.05) is 54.1 Å². The Balaban J connectivity index is 1.24. The number of aliphatic hydroxyl groups is 1. The van der Waals surface area contributed by atoms with Gasteiger partial charge >= 0.3 is 0 Å². The highest BCUT2D eigenvalue weighted by molar-refractivity contribution is 6.30. The van der Waals surface area contributed by atoms with Crippen LogP contribution in [0.4, 0.5) is 8.78 Å². The third-order valence-electron chi connectivity index (χ3n) is 7.86. The van der Waals surface area contributed by atoms with Gasteiger partial charge in [-0.15, -0.1) is 0 Å². The van der Waals surface area contributed by atoms with Crippen molar-refractivity contribution in [2.24, 2.45) is 5.92 Å². The molecular formula is C32H34ClF2N3O4. The van der Waals surface area contributed by atoms with E-state index in [0.717, 1.165) is 17.2 Å². The Morgan fingerprint density at radius 1 is 1.05 bits per heavy atom.